The number of aromatic nitrogens is 3. The van der Waals surface area contributed by atoms with Crippen molar-refractivity contribution in [2.24, 2.45) is 5.14 Å². The SMILES string of the molecule is NS(=O)(=O)c1nc(-c2ccc(Br)cc2Cl)n[nH]1. The first-order valence-corrected chi connectivity index (χ1v) is 7.00. The summed E-state index contributed by atoms with van der Waals surface area (Å²) in [4.78, 5) is 3.76. The Morgan fingerprint density at radius 2 is 2.12 bits per heavy atom. The highest BCUT2D eigenvalue weighted by Crippen LogP contribution is 2.28. The summed E-state index contributed by atoms with van der Waals surface area (Å²) in [7, 11) is -3.89. The van der Waals surface area contributed by atoms with Crippen molar-refractivity contribution in [1.29, 1.82) is 0 Å². The number of rotatable bonds is 2. The monoisotopic (exact) mass is 336 g/mol. The van der Waals surface area contributed by atoms with Gasteiger partial charge in [0, 0.05) is 10.0 Å². The number of aromatic amines is 1. The fourth-order valence-electron chi connectivity index (χ4n) is 1.17. The van der Waals surface area contributed by atoms with E-state index in [1.807, 2.05) is 0 Å². The van der Waals surface area contributed by atoms with Gasteiger partial charge in [0.05, 0.1) is 5.02 Å². The summed E-state index contributed by atoms with van der Waals surface area (Å²) in [5.41, 5.74) is 0.515. The van der Waals surface area contributed by atoms with Crippen LogP contribution >= 0.6 is 27.5 Å². The molecule has 90 valence electrons. The number of halogens is 2. The zero-order valence-corrected chi connectivity index (χ0v) is 11.3. The van der Waals surface area contributed by atoms with Gasteiger partial charge in [-0.05, 0) is 18.2 Å². The Morgan fingerprint density at radius 1 is 1.41 bits per heavy atom. The molecule has 0 saturated heterocycles. The van der Waals surface area contributed by atoms with Crippen molar-refractivity contribution < 1.29 is 8.42 Å². The van der Waals surface area contributed by atoms with Gasteiger partial charge in [0.25, 0.3) is 15.2 Å². The normalized spacial score (nSPS) is 11.7. The number of sulfonamides is 1. The quantitative estimate of drug-likeness (QED) is 0.867. The van der Waals surface area contributed by atoms with Crippen LogP contribution in [0.15, 0.2) is 27.8 Å². The molecule has 0 atom stereocenters. The fraction of sp³-hybridized carbons (Fsp3) is 0. The van der Waals surface area contributed by atoms with E-state index in [0.717, 1.165) is 4.47 Å². The minimum absolute atomic E-state index is 0.173. The van der Waals surface area contributed by atoms with Gasteiger partial charge in [-0.15, -0.1) is 0 Å². The molecule has 0 fully saturated rings. The smallest absolute Gasteiger partial charge is 0.248 e. The zero-order chi connectivity index (χ0) is 12.6. The van der Waals surface area contributed by atoms with Crippen molar-refractivity contribution in [3.05, 3.63) is 27.7 Å². The number of H-pyrrole nitrogens is 1. The molecule has 1 heterocycles. The maximum atomic E-state index is 11.0. The molecule has 9 heteroatoms. The Hall–Kier alpha value is -0.960. The summed E-state index contributed by atoms with van der Waals surface area (Å²) in [5, 5.41) is 10.9. The second kappa shape index (κ2) is 4.37. The van der Waals surface area contributed by atoms with Crippen LogP contribution in [0.5, 0.6) is 0 Å². The molecule has 0 aliphatic carbocycles. The van der Waals surface area contributed by atoms with E-state index in [1.165, 1.54) is 0 Å². The molecule has 0 bridgehead atoms. The summed E-state index contributed by atoms with van der Waals surface area (Å²) in [6.45, 7) is 0. The van der Waals surface area contributed by atoms with Gasteiger partial charge in [-0.25, -0.2) is 18.7 Å². The first kappa shape index (κ1) is 12.5. The molecular formula is C8H6BrClN4O2S. The summed E-state index contributed by atoms with van der Waals surface area (Å²) in [6.07, 6.45) is 0. The number of nitrogens with one attached hydrogen (secondary N) is 1. The van der Waals surface area contributed by atoms with Crippen LogP contribution < -0.4 is 5.14 Å². The molecule has 0 radical (unpaired) electrons. The van der Waals surface area contributed by atoms with Crippen molar-refractivity contribution in [2.75, 3.05) is 0 Å². The third-order valence-electron chi connectivity index (χ3n) is 1.91. The first-order chi connectivity index (χ1) is 7.88. The Balaban J connectivity index is 2.51. The molecule has 17 heavy (non-hydrogen) atoms. The van der Waals surface area contributed by atoms with E-state index in [2.05, 4.69) is 31.1 Å². The van der Waals surface area contributed by atoms with Crippen molar-refractivity contribution >= 4 is 37.6 Å². The van der Waals surface area contributed by atoms with Crippen molar-refractivity contribution in [3.8, 4) is 11.4 Å². The lowest BCUT2D eigenvalue weighted by molar-refractivity contribution is 0.589. The number of primary sulfonamides is 1. The van der Waals surface area contributed by atoms with Crippen molar-refractivity contribution in [2.45, 2.75) is 5.16 Å². The van der Waals surface area contributed by atoms with Gasteiger partial charge in [0.1, 0.15) is 0 Å². The topological polar surface area (TPSA) is 102 Å². The minimum Gasteiger partial charge on any atom is -0.248 e. The number of nitrogens with zero attached hydrogens (tertiary/aromatic N) is 2. The number of nitrogens with two attached hydrogens (primary N) is 1. The van der Waals surface area contributed by atoms with Gasteiger partial charge in [0.2, 0.25) is 0 Å². The van der Waals surface area contributed by atoms with Gasteiger partial charge in [-0.2, -0.15) is 10.1 Å². The molecule has 2 rings (SSSR count). The largest absolute Gasteiger partial charge is 0.273 e. The second-order valence-electron chi connectivity index (χ2n) is 3.13. The van der Waals surface area contributed by atoms with Gasteiger partial charge in [-0.3, -0.25) is 0 Å². The highest BCUT2D eigenvalue weighted by molar-refractivity contribution is 9.10. The van der Waals surface area contributed by atoms with Gasteiger partial charge >= 0.3 is 0 Å². The Kier molecular flexibility index (Phi) is 3.21. The van der Waals surface area contributed by atoms with Crippen molar-refractivity contribution in [1.82, 2.24) is 15.2 Å². The van der Waals surface area contributed by atoms with Crippen LogP contribution in [-0.4, -0.2) is 23.6 Å². The molecule has 1 aromatic heterocycles. The number of benzene rings is 1. The van der Waals surface area contributed by atoms with Crippen LogP contribution in [0.1, 0.15) is 0 Å². The standard InChI is InChI=1S/C8H6BrClN4O2S/c9-4-1-2-5(6(10)3-4)7-12-8(14-13-7)17(11,15)16/h1-3H,(H2,11,15,16)(H,12,13,14). The Labute approximate surface area is 110 Å². The van der Waals surface area contributed by atoms with Crippen molar-refractivity contribution in [3.63, 3.8) is 0 Å². The number of hydrogen-bond donors (Lipinski definition) is 2. The van der Waals surface area contributed by atoms with E-state index in [0.29, 0.717) is 10.6 Å². The van der Waals surface area contributed by atoms with E-state index < -0.39 is 15.2 Å². The highest BCUT2D eigenvalue weighted by atomic mass is 79.9. The van der Waals surface area contributed by atoms with Crippen LogP contribution in [0.3, 0.4) is 0 Å². The van der Waals surface area contributed by atoms with E-state index in [1.54, 1.807) is 18.2 Å². The molecule has 0 saturated carbocycles. The third-order valence-corrected chi connectivity index (χ3v) is 3.43. The van der Waals surface area contributed by atoms with Crippen LogP contribution in [0.4, 0.5) is 0 Å². The molecule has 0 amide bonds. The summed E-state index contributed by atoms with van der Waals surface area (Å²) < 4.78 is 22.8. The third kappa shape index (κ3) is 2.65. The lowest BCUT2D eigenvalue weighted by Gasteiger charge is -1.99. The lowest BCUT2D eigenvalue weighted by Crippen LogP contribution is -2.13. The molecule has 6 nitrogen and oxygen atoms in total. The van der Waals surface area contributed by atoms with E-state index in [9.17, 15) is 8.42 Å². The molecule has 0 aliphatic heterocycles. The van der Waals surface area contributed by atoms with Crippen LogP contribution in [0, 0.1) is 0 Å². The maximum Gasteiger partial charge on any atom is 0.273 e. The summed E-state index contributed by atoms with van der Waals surface area (Å²) in [5.74, 6) is 0.173. The summed E-state index contributed by atoms with van der Waals surface area (Å²) in [6, 6.07) is 5.07. The molecule has 0 unspecified atom stereocenters. The van der Waals surface area contributed by atoms with E-state index in [-0.39, 0.29) is 5.82 Å². The zero-order valence-electron chi connectivity index (χ0n) is 8.18. The predicted octanol–water partition coefficient (Wildman–Crippen LogP) is 1.53. The summed E-state index contributed by atoms with van der Waals surface area (Å²) >= 11 is 9.24. The highest BCUT2D eigenvalue weighted by Gasteiger charge is 2.16. The van der Waals surface area contributed by atoms with Crippen LogP contribution in [-0.2, 0) is 10.0 Å². The maximum absolute atomic E-state index is 11.0. The van der Waals surface area contributed by atoms with E-state index >= 15 is 0 Å². The molecule has 1 aromatic carbocycles. The first-order valence-electron chi connectivity index (χ1n) is 4.28. The minimum atomic E-state index is -3.89. The molecular weight excluding hydrogens is 332 g/mol. The van der Waals surface area contributed by atoms with Gasteiger partial charge in [-0.1, -0.05) is 27.5 Å². The molecule has 0 aliphatic rings. The van der Waals surface area contributed by atoms with Gasteiger partial charge in [0.15, 0.2) is 5.82 Å². The average Bonchev–Trinajstić information content (AvgIpc) is 2.65. The van der Waals surface area contributed by atoms with E-state index in [4.69, 9.17) is 16.7 Å². The average molecular weight is 338 g/mol. The number of hydrogen-bond acceptors (Lipinski definition) is 4. The predicted molar refractivity (Wildman–Crippen MR) is 65.9 cm³/mol. The second-order valence-corrected chi connectivity index (χ2v) is 5.93. The molecule has 0 spiro atoms. The van der Waals surface area contributed by atoms with Crippen LogP contribution in [0.2, 0.25) is 5.02 Å². The fourth-order valence-corrected chi connectivity index (χ4v) is 2.31. The molecule has 2 aromatic rings. The Morgan fingerprint density at radius 3 is 2.65 bits per heavy atom. The van der Waals surface area contributed by atoms with Gasteiger partial charge < -0.3 is 0 Å². The Bertz CT molecular complexity index is 670. The molecule has 3 N–H and O–H groups in total. The lowest BCUT2D eigenvalue weighted by atomic mass is 10.2. The van der Waals surface area contributed by atoms with Crippen LogP contribution in [0.25, 0.3) is 11.4 Å².